The average molecular weight is 520 g/mol. The standard InChI is InChI=1S/C24H33N5O6S/c1-3-28(4-2)12-13-35-18-9-7-16(8-10-18)20-14-19(22(36-20)26-23(31)27-34)21(30)25-17-6-5-11-29(15-17)24(32)33/h7-10,14,17,34H,3-6,11-13,15H2,1-2H3,(H,25,30)(H,32,33)(H2,26,27,31)/t17-/m0/s1. The molecule has 0 unspecified atom stereocenters. The Bertz CT molecular complexity index is 1040. The molecule has 196 valence electrons. The van der Waals surface area contributed by atoms with E-state index in [0.717, 1.165) is 35.8 Å². The molecule has 0 spiro atoms. The van der Waals surface area contributed by atoms with E-state index in [4.69, 9.17) is 9.94 Å². The van der Waals surface area contributed by atoms with Gasteiger partial charge in [-0.05, 0) is 61.8 Å². The molecule has 3 rings (SSSR count). The van der Waals surface area contributed by atoms with Crippen LogP contribution in [-0.2, 0) is 0 Å². The van der Waals surface area contributed by atoms with Crippen LogP contribution in [0, 0.1) is 0 Å². The van der Waals surface area contributed by atoms with Gasteiger partial charge in [-0.3, -0.25) is 15.3 Å². The van der Waals surface area contributed by atoms with Crippen molar-refractivity contribution in [2.75, 3.05) is 44.6 Å². The number of carbonyl (C=O) groups is 3. The number of rotatable bonds is 10. The number of hydroxylamine groups is 1. The van der Waals surface area contributed by atoms with Gasteiger partial charge >= 0.3 is 12.1 Å². The van der Waals surface area contributed by atoms with E-state index in [1.807, 2.05) is 24.3 Å². The number of hydrogen-bond donors (Lipinski definition) is 5. The van der Waals surface area contributed by atoms with Gasteiger partial charge in [0.15, 0.2) is 0 Å². The molecule has 1 saturated heterocycles. The highest BCUT2D eigenvalue weighted by atomic mass is 32.1. The van der Waals surface area contributed by atoms with Gasteiger partial charge in [-0.2, -0.15) is 0 Å². The van der Waals surface area contributed by atoms with E-state index in [-0.39, 0.29) is 23.2 Å². The van der Waals surface area contributed by atoms with Crippen LogP contribution in [0.1, 0.15) is 37.0 Å². The van der Waals surface area contributed by atoms with Gasteiger partial charge < -0.3 is 25.0 Å². The third-order valence-corrected chi connectivity index (χ3v) is 7.14. The summed E-state index contributed by atoms with van der Waals surface area (Å²) in [5.74, 6) is 0.304. The molecule has 0 radical (unpaired) electrons. The van der Waals surface area contributed by atoms with Crippen molar-refractivity contribution in [2.45, 2.75) is 32.7 Å². The summed E-state index contributed by atoms with van der Waals surface area (Å²) in [5.41, 5.74) is 2.56. The predicted octanol–water partition coefficient (Wildman–Crippen LogP) is 3.52. The fraction of sp³-hybridized carbons (Fsp3) is 0.458. The molecule has 1 aromatic heterocycles. The van der Waals surface area contributed by atoms with E-state index in [2.05, 4.69) is 29.4 Å². The summed E-state index contributed by atoms with van der Waals surface area (Å²) in [5, 5.41) is 23.8. The van der Waals surface area contributed by atoms with Crippen LogP contribution in [0.2, 0.25) is 0 Å². The Labute approximate surface area is 214 Å². The zero-order valence-electron chi connectivity index (χ0n) is 20.5. The summed E-state index contributed by atoms with van der Waals surface area (Å²) in [4.78, 5) is 40.4. The molecule has 5 N–H and O–H groups in total. The maximum Gasteiger partial charge on any atom is 0.407 e. The normalized spacial score (nSPS) is 15.4. The molecule has 0 bridgehead atoms. The zero-order chi connectivity index (χ0) is 26.1. The Morgan fingerprint density at radius 2 is 1.92 bits per heavy atom. The zero-order valence-corrected chi connectivity index (χ0v) is 21.3. The lowest BCUT2D eigenvalue weighted by Crippen LogP contribution is -2.49. The second-order valence-corrected chi connectivity index (χ2v) is 9.41. The second kappa shape index (κ2) is 13.1. The van der Waals surface area contributed by atoms with Crippen molar-refractivity contribution in [3.63, 3.8) is 0 Å². The van der Waals surface area contributed by atoms with E-state index in [0.29, 0.717) is 26.0 Å². The maximum absolute atomic E-state index is 13.1. The Balaban J connectivity index is 1.73. The Hall–Kier alpha value is -3.35. The molecule has 1 aromatic carbocycles. The molecule has 36 heavy (non-hydrogen) atoms. The first-order valence-electron chi connectivity index (χ1n) is 11.9. The number of urea groups is 1. The molecule has 1 aliphatic heterocycles. The van der Waals surface area contributed by atoms with Crippen LogP contribution in [0.5, 0.6) is 5.75 Å². The summed E-state index contributed by atoms with van der Waals surface area (Å²) < 4.78 is 5.83. The number of thiophene rings is 1. The summed E-state index contributed by atoms with van der Waals surface area (Å²) >= 11 is 1.19. The van der Waals surface area contributed by atoms with Gasteiger partial charge in [-0.1, -0.05) is 13.8 Å². The first kappa shape index (κ1) is 27.2. The van der Waals surface area contributed by atoms with Crippen LogP contribution in [0.15, 0.2) is 30.3 Å². The summed E-state index contributed by atoms with van der Waals surface area (Å²) in [6.45, 7) is 8.21. The molecule has 0 saturated carbocycles. The fourth-order valence-electron chi connectivity index (χ4n) is 4.01. The molecule has 4 amide bonds. The van der Waals surface area contributed by atoms with Crippen molar-refractivity contribution in [2.24, 2.45) is 0 Å². The number of nitrogens with one attached hydrogen (secondary N) is 3. The minimum atomic E-state index is -1.02. The second-order valence-electron chi connectivity index (χ2n) is 8.36. The number of anilines is 1. The highest BCUT2D eigenvalue weighted by Gasteiger charge is 2.26. The van der Waals surface area contributed by atoms with Gasteiger partial charge in [0.05, 0.1) is 5.56 Å². The molecule has 11 nitrogen and oxygen atoms in total. The lowest BCUT2D eigenvalue weighted by molar-refractivity contribution is 0.0889. The van der Waals surface area contributed by atoms with Gasteiger partial charge in [-0.15, -0.1) is 11.3 Å². The largest absolute Gasteiger partial charge is 0.492 e. The molecule has 1 aliphatic rings. The highest BCUT2D eigenvalue weighted by Crippen LogP contribution is 2.36. The number of piperidine rings is 1. The highest BCUT2D eigenvalue weighted by molar-refractivity contribution is 7.20. The number of carbonyl (C=O) groups excluding carboxylic acids is 2. The van der Waals surface area contributed by atoms with E-state index >= 15 is 0 Å². The molecule has 12 heteroatoms. The van der Waals surface area contributed by atoms with Crippen LogP contribution < -0.4 is 20.9 Å². The summed E-state index contributed by atoms with van der Waals surface area (Å²) in [6, 6.07) is 7.92. The van der Waals surface area contributed by atoms with Crippen LogP contribution in [0.25, 0.3) is 10.4 Å². The molecule has 0 aliphatic carbocycles. The minimum absolute atomic E-state index is 0.202. The number of carboxylic acid groups (broad SMARTS) is 1. The van der Waals surface area contributed by atoms with Gasteiger partial charge in [-0.25, -0.2) is 15.1 Å². The average Bonchev–Trinajstić information content (AvgIpc) is 3.30. The number of ether oxygens (including phenoxy) is 1. The number of likely N-dealkylation sites (N-methyl/N-ethyl adjacent to an activating group) is 1. The minimum Gasteiger partial charge on any atom is -0.492 e. The third-order valence-electron chi connectivity index (χ3n) is 6.04. The molecular formula is C24H33N5O6S. The van der Waals surface area contributed by atoms with E-state index in [9.17, 15) is 19.5 Å². The van der Waals surface area contributed by atoms with Gasteiger partial charge in [0.1, 0.15) is 17.4 Å². The number of likely N-dealkylation sites (tertiary alicyclic amines) is 1. The van der Waals surface area contributed by atoms with Crippen molar-refractivity contribution in [3.8, 4) is 16.2 Å². The topological polar surface area (TPSA) is 143 Å². The van der Waals surface area contributed by atoms with E-state index < -0.39 is 18.0 Å². The van der Waals surface area contributed by atoms with Gasteiger partial charge in [0.2, 0.25) is 0 Å². The molecule has 2 heterocycles. The van der Waals surface area contributed by atoms with Crippen LogP contribution in [0.3, 0.4) is 0 Å². The van der Waals surface area contributed by atoms with Crippen molar-refractivity contribution < 1.29 is 29.4 Å². The number of hydrogen-bond acceptors (Lipinski definition) is 7. The predicted molar refractivity (Wildman–Crippen MR) is 137 cm³/mol. The fourth-order valence-corrected chi connectivity index (χ4v) is 5.06. The third kappa shape index (κ3) is 7.33. The Morgan fingerprint density at radius 3 is 2.56 bits per heavy atom. The summed E-state index contributed by atoms with van der Waals surface area (Å²) in [6.07, 6.45) is 0.282. The lowest BCUT2D eigenvalue weighted by atomic mass is 10.1. The monoisotopic (exact) mass is 519 g/mol. The lowest BCUT2D eigenvalue weighted by Gasteiger charge is -2.31. The smallest absolute Gasteiger partial charge is 0.407 e. The van der Waals surface area contributed by atoms with Crippen molar-refractivity contribution >= 4 is 34.4 Å². The first-order valence-corrected chi connectivity index (χ1v) is 12.7. The quantitative estimate of drug-likeness (QED) is 0.239. The SMILES string of the molecule is CCN(CC)CCOc1ccc(-c2cc(C(=O)N[C@H]3CCCN(C(=O)O)C3)c(NC(=O)NO)s2)cc1. The molecule has 2 aromatic rings. The van der Waals surface area contributed by atoms with Crippen molar-refractivity contribution in [1.82, 2.24) is 20.6 Å². The Morgan fingerprint density at radius 1 is 1.19 bits per heavy atom. The molecule has 1 fully saturated rings. The van der Waals surface area contributed by atoms with Crippen molar-refractivity contribution in [3.05, 3.63) is 35.9 Å². The van der Waals surface area contributed by atoms with E-state index in [1.165, 1.54) is 21.7 Å². The number of nitrogens with zero attached hydrogens (tertiary/aromatic N) is 2. The van der Waals surface area contributed by atoms with Crippen LogP contribution in [-0.4, -0.2) is 83.5 Å². The van der Waals surface area contributed by atoms with Crippen LogP contribution >= 0.6 is 11.3 Å². The van der Waals surface area contributed by atoms with E-state index in [1.54, 1.807) is 6.07 Å². The van der Waals surface area contributed by atoms with Crippen LogP contribution in [0.4, 0.5) is 14.6 Å². The first-order chi connectivity index (χ1) is 17.3. The van der Waals surface area contributed by atoms with Gasteiger partial charge in [0, 0.05) is 30.6 Å². The van der Waals surface area contributed by atoms with Gasteiger partial charge in [0.25, 0.3) is 5.91 Å². The molecular weight excluding hydrogens is 486 g/mol. The Kier molecular flexibility index (Phi) is 9.91. The number of amides is 4. The summed E-state index contributed by atoms with van der Waals surface area (Å²) in [7, 11) is 0. The van der Waals surface area contributed by atoms with Crippen molar-refractivity contribution in [1.29, 1.82) is 0 Å². The molecule has 1 atom stereocenters. The maximum atomic E-state index is 13.1. The number of benzene rings is 1.